The van der Waals surface area contributed by atoms with Crippen LogP contribution in [0.25, 0.3) is 0 Å². The van der Waals surface area contributed by atoms with Crippen molar-refractivity contribution in [3.63, 3.8) is 0 Å². The molecule has 1 aromatic rings. The summed E-state index contributed by atoms with van der Waals surface area (Å²) in [6.07, 6.45) is 3.90. The van der Waals surface area contributed by atoms with Crippen LogP contribution >= 0.6 is 34.9 Å². The number of hydrogen-bond acceptors (Lipinski definition) is 7. The molecule has 1 atom stereocenters. The Morgan fingerprint density at radius 2 is 2.17 bits per heavy atom. The van der Waals surface area contributed by atoms with Gasteiger partial charge in [0, 0.05) is 12.4 Å². The van der Waals surface area contributed by atoms with Crippen LogP contribution in [0.4, 0.5) is 0 Å². The summed E-state index contributed by atoms with van der Waals surface area (Å²) < 4.78 is 7.37. The lowest BCUT2D eigenvalue weighted by Crippen LogP contribution is -2.21. The topological polar surface area (TPSA) is 78.1 Å². The van der Waals surface area contributed by atoms with E-state index < -0.39 is 0 Å². The monoisotopic (exact) mass is 305 g/mol. The van der Waals surface area contributed by atoms with Crippen molar-refractivity contribution in [1.82, 2.24) is 10.2 Å². The molecule has 0 spiro atoms. The number of nitrogens with zero attached hydrogens (tertiary/aromatic N) is 2. The van der Waals surface area contributed by atoms with Crippen molar-refractivity contribution >= 4 is 40.8 Å². The maximum Gasteiger partial charge on any atom is 0.227 e. The maximum atomic E-state index is 10.6. The van der Waals surface area contributed by atoms with Gasteiger partial charge in [0.25, 0.3) is 0 Å². The predicted octanol–water partition coefficient (Wildman–Crippen LogP) is 1.78. The van der Waals surface area contributed by atoms with E-state index >= 15 is 0 Å². The number of aromatic nitrogens is 2. The molecule has 1 amide bonds. The fourth-order valence-electron chi connectivity index (χ4n) is 1.55. The summed E-state index contributed by atoms with van der Waals surface area (Å²) in [7, 11) is 0. The van der Waals surface area contributed by atoms with Crippen LogP contribution in [0.15, 0.2) is 8.68 Å². The highest BCUT2D eigenvalue weighted by molar-refractivity contribution is 8.03. The summed E-state index contributed by atoms with van der Waals surface area (Å²) >= 11 is 4.51. The van der Waals surface area contributed by atoms with Crippen molar-refractivity contribution < 1.29 is 9.53 Å². The molecular formula is C10H15N3O2S3. The standard InChI is InChI=1S/C10H15N3O2S3/c11-8(14)6-17-10-13-12-9(18-10)16-5-7-3-1-2-4-15-7/h7H,1-6H2,(H2,11,14)/t7-/m0/s1. The minimum absolute atomic E-state index is 0.255. The quantitative estimate of drug-likeness (QED) is 0.807. The van der Waals surface area contributed by atoms with Crippen LogP contribution in [-0.4, -0.2) is 40.3 Å². The molecule has 100 valence electrons. The largest absolute Gasteiger partial charge is 0.377 e. The number of thioether (sulfide) groups is 2. The van der Waals surface area contributed by atoms with Gasteiger partial charge >= 0.3 is 0 Å². The van der Waals surface area contributed by atoms with Gasteiger partial charge in [0.2, 0.25) is 5.91 Å². The van der Waals surface area contributed by atoms with E-state index in [0.717, 1.165) is 27.5 Å². The molecule has 2 rings (SSSR count). The molecule has 1 aromatic heterocycles. The van der Waals surface area contributed by atoms with Crippen molar-refractivity contribution in [1.29, 1.82) is 0 Å². The minimum Gasteiger partial charge on any atom is -0.377 e. The fourth-order valence-corrected chi connectivity index (χ4v) is 4.40. The first-order chi connectivity index (χ1) is 8.74. The van der Waals surface area contributed by atoms with Crippen LogP contribution in [0, 0.1) is 0 Å². The van der Waals surface area contributed by atoms with Gasteiger partial charge in [-0.3, -0.25) is 4.79 Å². The van der Waals surface area contributed by atoms with Crippen LogP contribution in [0.3, 0.4) is 0 Å². The van der Waals surface area contributed by atoms with E-state index in [4.69, 9.17) is 10.5 Å². The zero-order valence-corrected chi connectivity index (χ0v) is 12.3. The van der Waals surface area contributed by atoms with Gasteiger partial charge in [-0.1, -0.05) is 34.9 Å². The van der Waals surface area contributed by atoms with Crippen molar-refractivity contribution in [3.05, 3.63) is 0 Å². The molecule has 0 saturated carbocycles. The third-order valence-electron chi connectivity index (χ3n) is 2.39. The fraction of sp³-hybridized carbons (Fsp3) is 0.700. The summed E-state index contributed by atoms with van der Waals surface area (Å²) in [5.41, 5.74) is 5.08. The summed E-state index contributed by atoms with van der Waals surface area (Å²) in [4.78, 5) is 10.6. The Hall–Kier alpha value is -0.310. The van der Waals surface area contributed by atoms with Crippen LogP contribution in [-0.2, 0) is 9.53 Å². The molecule has 2 N–H and O–H groups in total. The number of hydrogen-bond donors (Lipinski definition) is 1. The molecule has 5 nitrogen and oxygen atoms in total. The van der Waals surface area contributed by atoms with E-state index in [1.54, 1.807) is 11.8 Å². The highest BCUT2D eigenvalue weighted by Gasteiger charge is 2.15. The SMILES string of the molecule is NC(=O)CSc1nnc(SC[C@@H]2CCCCO2)s1. The lowest BCUT2D eigenvalue weighted by Gasteiger charge is -2.21. The maximum absolute atomic E-state index is 10.6. The van der Waals surface area contributed by atoms with Crippen LogP contribution in [0.5, 0.6) is 0 Å². The van der Waals surface area contributed by atoms with Gasteiger partial charge in [-0.25, -0.2) is 0 Å². The molecule has 18 heavy (non-hydrogen) atoms. The second-order valence-corrected chi connectivity index (χ2v) is 7.36. The molecule has 0 aromatic carbocycles. The first-order valence-electron chi connectivity index (χ1n) is 5.73. The van der Waals surface area contributed by atoms with Gasteiger partial charge in [-0.2, -0.15) is 0 Å². The Kier molecular flexibility index (Phi) is 5.74. The molecular weight excluding hydrogens is 290 g/mol. The Morgan fingerprint density at radius 3 is 2.83 bits per heavy atom. The van der Waals surface area contributed by atoms with Gasteiger partial charge in [-0.15, -0.1) is 10.2 Å². The third kappa shape index (κ3) is 4.75. The van der Waals surface area contributed by atoms with Crippen LogP contribution in [0.2, 0.25) is 0 Å². The van der Waals surface area contributed by atoms with E-state index in [1.807, 2.05) is 0 Å². The highest BCUT2D eigenvalue weighted by atomic mass is 32.2. The number of carbonyl (C=O) groups excluding carboxylic acids is 1. The molecule has 0 radical (unpaired) electrons. The van der Waals surface area contributed by atoms with Gasteiger partial charge in [-0.05, 0) is 19.3 Å². The van der Waals surface area contributed by atoms with Gasteiger partial charge in [0.05, 0.1) is 11.9 Å². The number of primary amides is 1. The van der Waals surface area contributed by atoms with Crippen molar-refractivity contribution in [2.24, 2.45) is 5.73 Å². The van der Waals surface area contributed by atoms with Crippen molar-refractivity contribution in [2.45, 2.75) is 34.0 Å². The number of amides is 1. The van der Waals surface area contributed by atoms with Gasteiger partial charge < -0.3 is 10.5 Å². The normalized spacial score (nSPS) is 19.9. The number of carbonyl (C=O) groups is 1. The van der Waals surface area contributed by atoms with Crippen LogP contribution < -0.4 is 5.73 Å². The van der Waals surface area contributed by atoms with Crippen molar-refractivity contribution in [2.75, 3.05) is 18.1 Å². The zero-order valence-electron chi connectivity index (χ0n) is 9.83. The minimum atomic E-state index is -0.333. The smallest absolute Gasteiger partial charge is 0.227 e. The van der Waals surface area contributed by atoms with E-state index in [0.29, 0.717) is 6.10 Å². The Morgan fingerprint density at radius 1 is 1.39 bits per heavy atom. The molecule has 1 saturated heterocycles. The molecule has 0 unspecified atom stereocenters. The van der Waals surface area contributed by atoms with E-state index in [9.17, 15) is 4.79 Å². The van der Waals surface area contributed by atoms with Gasteiger partial charge in [0.15, 0.2) is 8.68 Å². The lowest BCUT2D eigenvalue weighted by atomic mass is 10.1. The number of ether oxygens (including phenoxy) is 1. The molecule has 1 aliphatic rings. The summed E-state index contributed by atoms with van der Waals surface area (Å²) in [5.74, 6) is 0.847. The summed E-state index contributed by atoms with van der Waals surface area (Å²) in [5, 5.41) is 8.10. The molecule has 1 fully saturated rings. The van der Waals surface area contributed by atoms with E-state index in [1.165, 1.54) is 35.9 Å². The molecule has 8 heteroatoms. The average Bonchev–Trinajstić information content (AvgIpc) is 2.83. The number of rotatable bonds is 6. The van der Waals surface area contributed by atoms with Crippen LogP contribution in [0.1, 0.15) is 19.3 Å². The number of nitrogens with two attached hydrogens (primary N) is 1. The predicted molar refractivity (Wildman–Crippen MR) is 74.1 cm³/mol. The Bertz CT molecular complexity index is 393. The molecule has 0 aliphatic carbocycles. The van der Waals surface area contributed by atoms with E-state index in [-0.39, 0.29) is 11.7 Å². The zero-order chi connectivity index (χ0) is 12.8. The Balaban J connectivity index is 1.73. The first-order valence-corrected chi connectivity index (χ1v) is 8.52. The first kappa shape index (κ1) is 14.1. The molecule has 2 heterocycles. The molecule has 1 aliphatic heterocycles. The summed E-state index contributed by atoms with van der Waals surface area (Å²) in [6.45, 7) is 0.876. The molecule has 0 bridgehead atoms. The van der Waals surface area contributed by atoms with Crippen molar-refractivity contribution in [3.8, 4) is 0 Å². The highest BCUT2D eigenvalue weighted by Crippen LogP contribution is 2.30. The Labute approximate surface area is 118 Å². The van der Waals surface area contributed by atoms with E-state index in [2.05, 4.69) is 10.2 Å². The average molecular weight is 305 g/mol. The van der Waals surface area contributed by atoms with Gasteiger partial charge in [0.1, 0.15) is 0 Å². The second-order valence-electron chi connectivity index (χ2n) is 3.89. The summed E-state index contributed by atoms with van der Waals surface area (Å²) in [6, 6.07) is 0. The lowest BCUT2D eigenvalue weighted by molar-refractivity contribution is -0.115. The second kappa shape index (κ2) is 7.32. The third-order valence-corrected chi connectivity index (χ3v) is 5.74.